The van der Waals surface area contributed by atoms with Crippen LogP contribution in [0.4, 0.5) is 17.1 Å². The van der Waals surface area contributed by atoms with Gasteiger partial charge in [-0.2, -0.15) is 0 Å². The number of anilines is 1. The van der Waals surface area contributed by atoms with E-state index in [1.807, 2.05) is 0 Å². The Bertz CT molecular complexity index is 979. The van der Waals surface area contributed by atoms with Crippen LogP contribution in [0.15, 0.2) is 36.4 Å². The molecule has 0 aliphatic heterocycles. The van der Waals surface area contributed by atoms with Crippen molar-refractivity contribution in [3.63, 3.8) is 0 Å². The number of hydrogen-bond donors (Lipinski definition) is 1. The van der Waals surface area contributed by atoms with Gasteiger partial charge in [0.25, 0.3) is 11.6 Å². The molecule has 2 rings (SSSR count). The normalized spacial score (nSPS) is 10.1. The molecule has 0 saturated carbocycles. The lowest BCUT2D eigenvalue weighted by Gasteiger charge is -2.09. The molecule has 12 heteroatoms. The first-order valence-electron chi connectivity index (χ1n) is 8.05. The average Bonchev–Trinajstić information content (AvgIpc) is 2.67. The molecular weight excluding hydrogens is 410 g/mol. The number of esters is 1. The topological polar surface area (TPSA) is 151 Å². The van der Waals surface area contributed by atoms with Crippen LogP contribution in [0.25, 0.3) is 0 Å². The quantitative estimate of drug-likeness (QED) is 0.385. The Labute approximate surface area is 168 Å². The summed E-state index contributed by atoms with van der Waals surface area (Å²) >= 11 is 5.86. The third-order valence-corrected chi connectivity index (χ3v) is 3.78. The molecule has 0 fully saturated rings. The molecule has 0 aromatic heterocycles. The molecular formula is C17H14ClN3O8. The predicted octanol–water partition coefficient (Wildman–Crippen LogP) is 3.35. The van der Waals surface area contributed by atoms with Crippen LogP contribution in [0, 0.1) is 20.2 Å². The van der Waals surface area contributed by atoms with Crippen molar-refractivity contribution in [2.24, 2.45) is 0 Å². The van der Waals surface area contributed by atoms with Crippen LogP contribution in [0.2, 0.25) is 5.02 Å². The van der Waals surface area contributed by atoms with Gasteiger partial charge in [0.2, 0.25) is 0 Å². The molecule has 0 aliphatic carbocycles. The first kappa shape index (κ1) is 21.6. The fourth-order valence-electron chi connectivity index (χ4n) is 2.18. The summed E-state index contributed by atoms with van der Waals surface area (Å²) in [7, 11) is 0. The number of carbonyl (C=O) groups excluding carboxylic acids is 2. The van der Waals surface area contributed by atoms with E-state index in [0.29, 0.717) is 0 Å². The highest BCUT2D eigenvalue weighted by atomic mass is 35.5. The summed E-state index contributed by atoms with van der Waals surface area (Å²) in [6, 6.07) is 6.95. The maximum atomic E-state index is 12.1. The molecule has 0 radical (unpaired) electrons. The summed E-state index contributed by atoms with van der Waals surface area (Å²) in [5.41, 5.74) is -0.712. The molecule has 0 bridgehead atoms. The highest BCUT2D eigenvalue weighted by Gasteiger charge is 2.20. The predicted molar refractivity (Wildman–Crippen MR) is 101 cm³/mol. The Morgan fingerprint density at radius 1 is 1.10 bits per heavy atom. The molecule has 29 heavy (non-hydrogen) atoms. The van der Waals surface area contributed by atoms with Crippen molar-refractivity contribution in [3.05, 3.63) is 67.2 Å². The van der Waals surface area contributed by atoms with Crippen molar-refractivity contribution >= 4 is 40.5 Å². The van der Waals surface area contributed by atoms with Crippen LogP contribution < -0.4 is 10.1 Å². The van der Waals surface area contributed by atoms with Crippen molar-refractivity contribution < 1.29 is 28.9 Å². The number of hydrogen-bond acceptors (Lipinski definition) is 8. The fraction of sp³-hybridized carbons (Fsp3) is 0.176. The third-order valence-electron chi connectivity index (χ3n) is 3.46. The van der Waals surface area contributed by atoms with Crippen LogP contribution in [0.5, 0.6) is 5.75 Å². The zero-order valence-electron chi connectivity index (χ0n) is 14.9. The van der Waals surface area contributed by atoms with E-state index in [4.69, 9.17) is 21.1 Å². The van der Waals surface area contributed by atoms with Gasteiger partial charge in [0.1, 0.15) is 0 Å². The summed E-state index contributed by atoms with van der Waals surface area (Å²) < 4.78 is 9.95. The maximum Gasteiger partial charge on any atom is 0.338 e. The zero-order valence-corrected chi connectivity index (χ0v) is 15.7. The molecule has 0 atom stereocenters. The lowest BCUT2D eigenvalue weighted by atomic mass is 10.2. The summed E-state index contributed by atoms with van der Waals surface area (Å²) in [4.78, 5) is 44.4. The molecule has 0 saturated heterocycles. The van der Waals surface area contributed by atoms with Gasteiger partial charge in [-0.15, -0.1) is 0 Å². The standard InChI is InChI=1S/C17H14ClN3O8/c1-2-28-15-6-3-10(7-14(15)21(26)27)17(23)29-9-16(22)19-13-5-4-11(20(24)25)8-12(13)18/h3-8H,2,9H2,1H3,(H,19,22). The number of non-ortho nitro benzene ring substituents is 1. The van der Waals surface area contributed by atoms with Gasteiger partial charge in [-0.3, -0.25) is 25.0 Å². The first-order chi connectivity index (χ1) is 13.7. The van der Waals surface area contributed by atoms with Gasteiger partial charge < -0.3 is 14.8 Å². The molecule has 152 valence electrons. The van der Waals surface area contributed by atoms with Crippen LogP contribution in [0.1, 0.15) is 17.3 Å². The second-order valence-corrected chi connectivity index (χ2v) is 5.83. The van der Waals surface area contributed by atoms with Crippen molar-refractivity contribution in [2.45, 2.75) is 6.92 Å². The largest absolute Gasteiger partial charge is 0.487 e. The van der Waals surface area contributed by atoms with Gasteiger partial charge in [-0.25, -0.2) is 4.79 Å². The molecule has 0 aliphatic rings. The van der Waals surface area contributed by atoms with Crippen molar-refractivity contribution in [1.29, 1.82) is 0 Å². The number of rotatable bonds is 8. The number of amides is 1. The minimum atomic E-state index is -0.957. The van der Waals surface area contributed by atoms with E-state index >= 15 is 0 Å². The number of nitrogens with one attached hydrogen (secondary N) is 1. The molecule has 0 heterocycles. The Morgan fingerprint density at radius 3 is 2.41 bits per heavy atom. The summed E-state index contributed by atoms with van der Waals surface area (Å²) in [5, 5.41) is 24.0. The molecule has 0 unspecified atom stereocenters. The maximum absolute atomic E-state index is 12.1. The number of nitro benzene ring substituents is 2. The summed E-state index contributed by atoms with van der Waals surface area (Å²) in [6.07, 6.45) is 0. The molecule has 2 aromatic carbocycles. The second kappa shape index (κ2) is 9.46. The third kappa shape index (κ3) is 5.62. The number of nitro groups is 2. The van der Waals surface area contributed by atoms with Gasteiger partial charge in [-0.05, 0) is 25.1 Å². The number of nitrogens with zero attached hydrogens (tertiary/aromatic N) is 2. The number of carbonyl (C=O) groups is 2. The van der Waals surface area contributed by atoms with E-state index < -0.39 is 34.0 Å². The average molecular weight is 424 g/mol. The smallest absolute Gasteiger partial charge is 0.338 e. The van der Waals surface area contributed by atoms with Crippen LogP contribution in [-0.4, -0.2) is 34.9 Å². The van der Waals surface area contributed by atoms with Gasteiger partial charge in [-0.1, -0.05) is 11.6 Å². The van der Waals surface area contributed by atoms with Crippen molar-refractivity contribution in [2.75, 3.05) is 18.5 Å². The van der Waals surface area contributed by atoms with Crippen molar-refractivity contribution in [3.8, 4) is 5.75 Å². The number of benzene rings is 2. The minimum Gasteiger partial charge on any atom is -0.487 e. The summed E-state index contributed by atoms with van der Waals surface area (Å²) in [5.74, 6) is -1.71. The van der Waals surface area contributed by atoms with E-state index in [0.717, 1.165) is 18.2 Å². The molecule has 11 nitrogen and oxygen atoms in total. The van der Waals surface area contributed by atoms with Crippen molar-refractivity contribution in [1.82, 2.24) is 0 Å². The van der Waals surface area contributed by atoms with Gasteiger partial charge in [0.05, 0.1) is 32.7 Å². The van der Waals surface area contributed by atoms with E-state index in [1.165, 1.54) is 18.2 Å². The lowest BCUT2D eigenvalue weighted by Crippen LogP contribution is -2.21. The highest BCUT2D eigenvalue weighted by molar-refractivity contribution is 6.34. The van der Waals surface area contributed by atoms with Gasteiger partial charge in [0.15, 0.2) is 12.4 Å². The summed E-state index contributed by atoms with van der Waals surface area (Å²) in [6.45, 7) is 1.16. The van der Waals surface area contributed by atoms with Crippen LogP contribution >= 0.6 is 11.6 Å². The molecule has 1 amide bonds. The van der Waals surface area contributed by atoms with E-state index in [-0.39, 0.29) is 34.3 Å². The van der Waals surface area contributed by atoms with Gasteiger partial charge in [0, 0.05) is 18.2 Å². The fourth-order valence-corrected chi connectivity index (χ4v) is 2.41. The number of halogens is 1. The molecule has 2 aromatic rings. The Morgan fingerprint density at radius 2 is 1.83 bits per heavy atom. The lowest BCUT2D eigenvalue weighted by molar-refractivity contribution is -0.385. The Balaban J connectivity index is 2.01. The Hall–Kier alpha value is -3.73. The SMILES string of the molecule is CCOc1ccc(C(=O)OCC(=O)Nc2ccc([N+](=O)[O-])cc2Cl)cc1[N+](=O)[O-]. The first-order valence-corrected chi connectivity index (χ1v) is 8.43. The van der Waals surface area contributed by atoms with E-state index in [9.17, 15) is 29.8 Å². The second-order valence-electron chi connectivity index (χ2n) is 5.42. The molecule has 1 N–H and O–H groups in total. The van der Waals surface area contributed by atoms with Gasteiger partial charge >= 0.3 is 11.7 Å². The van der Waals surface area contributed by atoms with E-state index in [1.54, 1.807) is 6.92 Å². The Kier molecular flexibility index (Phi) is 7.04. The minimum absolute atomic E-state index is 0.000365. The van der Waals surface area contributed by atoms with Crippen LogP contribution in [0.3, 0.4) is 0 Å². The number of ether oxygens (including phenoxy) is 2. The molecule has 0 spiro atoms. The van der Waals surface area contributed by atoms with E-state index in [2.05, 4.69) is 5.32 Å². The zero-order chi connectivity index (χ0) is 21.6. The van der Waals surface area contributed by atoms with Crippen LogP contribution in [-0.2, 0) is 9.53 Å². The highest BCUT2D eigenvalue weighted by Crippen LogP contribution is 2.28. The monoisotopic (exact) mass is 423 g/mol.